The van der Waals surface area contributed by atoms with Crippen LogP contribution in [0.3, 0.4) is 0 Å². The Morgan fingerprint density at radius 3 is 2.52 bits per heavy atom. The molecular weight excluding hydrogens is 448 g/mol. The summed E-state index contributed by atoms with van der Waals surface area (Å²) in [5.74, 6) is -0.247. The quantitative estimate of drug-likeness (QED) is 0.243. The number of nitro benzene ring substituents is 1. The summed E-state index contributed by atoms with van der Waals surface area (Å²) < 4.78 is 14.7. The van der Waals surface area contributed by atoms with Gasteiger partial charge in [0.15, 0.2) is 5.00 Å². The van der Waals surface area contributed by atoms with Crippen molar-refractivity contribution in [3.05, 3.63) is 46.5 Å². The first-order valence-corrected chi connectivity index (χ1v) is 10.8. The van der Waals surface area contributed by atoms with Crippen LogP contribution in [0.1, 0.15) is 6.92 Å². The van der Waals surface area contributed by atoms with Crippen LogP contribution in [0.25, 0.3) is 10.9 Å². The summed E-state index contributed by atoms with van der Waals surface area (Å²) in [5, 5.41) is 23.4. The Balaban J connectivity index is 1.94. The van der Waals surface area contributed by atoms with Gasteiger partial charge in [-0.25, -0.2) is 0 Å². The van der Waals surface area contributed by atoms with Crippen LogP contribution in [0, 0.1) is 10.1 Å². The highest BCUT2D eigenvalue weighted by molar-refractivity contribution is 7.11. The number of carbonyl (C=O) groups is 1. The van der Waals surface area contributed by atoms with Gasteiger partial charge < -0.3 is 19.7 Å². The molecule has 3 aromatic rings. The zero-order valence-electron chi connectivity index (χ0n) is 18.5. The number of aromatic nitrogens is 1. The number of amides is 1. The van der Waals surface area contributed by atoms with Crippen LogP contribution < -0.4 is 10.2 Å². The van der Waals surface area contributed by atoms with Crippen molar-refractivity contribution in [3.63, 3.8) is 0 Å². The highest BCUT2D eigenvalue weighted by atomic mass is 32.1. The highest BCUT2D eigenvalue weighted by Gasteiger charge is 2.14. The van der Waals surface area contributed by atoms with Gasteiger partial charge in [-0.05, 0) is 35.8 Å². The first-order chi connectivity index (χ1) is 15.9. The minimum atomic E-state index is -0.468. The van der Waals surface area contributed by atoms with Crippen molar-refractivity contribution in [3.8, 4) is 0 Å². The van der Waals surface area contributed by atoms with Crippen molar-refractivity contribution in [2.24, 2.45) is 10.2 Å². The van der Waals surface area contributed by atoms with Crippen LogP contribution in [-0.2, 0) is 14.3 Å². The van der Waals surface area contributed by atoms with Crippen molar-refractivity contribution < 1.29 is 19.2 Å². The molecule has 0 saturated heterocycles. The van der Waals surface area contributed by atoms with Crippen LogP contribution in [0.15, 0.2) is 46.6 Å². The minimum absolute atomic E-state index is 0.0466. The van der Waals surface area contributed by atoms with E-state index < -0.39 is 4.92 Å². The number of fused-ring (bicyclic) bond motifs is 1. The number of methoxy groups -OCH3 is 2. The SMILES string of the molecule is COCCN(CCOC)c1ccc(/N=N/c2snc3ccc([N+](=O)[O-])cc23)c(NC(C)=O)c1. The molecule has 33 heavy (non-hydrogen) atoms. The third-order valence-corrected chi connectivity index (χ3v) is 5.45. The molecular formula is C21H24N6O5S. The first kappa shape index (κ1) is 24.2. The molecule has 0 saturated carbocycles. The van der Waals surface area contributed by atoms with E-state index in [-0.39, 0.29) is 11.6 Å². The monoisotopic (exact) mass is 472 g/mol. The lowest BCUT2D eigenvalue weighted by molar-refractivity contribution is -0.384. The summed E-state index contributed by atoms with van der Waals surface area (Å²) in [6, 6.07) is 9.85. The molecule has 0 aliphatic rings. The molecule has 0 radical (unpaired) electrons. The van der Waals surface area contributed by atoms with E-state index >= 15 is 0 Å². The predicted octanol–water partition coefficient (Wildman–Crippen LogP) is 4.68. The number of nitrogens with zero attached hydrogens (tertiary/aromatic N) is 5. The molecule has 0 spiro atoms. The van der Waals surface area contributed by atoms with Crippen molar-refractivity contribution in [2.75, 3.05) is 50.7 Å². The van der Waals surface area contributed by atoms with Crippen molar-refractivity contribution in [1.82, 2.24) is 4.37 Å². The van der Waals surface area contributed by atoms with Gasteiger partial charge in [0.25, 0.3) is 5.69 Å². The van der Waals surface area contributed by atoms with E-state index in [4.69, 9.17) is 9.47 Å². The van der Waals surface area contributed by atoms with E-state index in [0.717, 1.165) is 17.2 Å². The standard InChI is InChI=1S/C21H24N6O5S/c1-14(28)22-20-13-15(26(8-10-31-2)9-11-32-3)4-7-19(20)23-24-21-17-12-16(27(29)30)5-6-18(17)25-33-21/h4-7,12-13H,8-11H2,1-3H3,(H,22,28)/b24-23+. The van der Waals surface area contributed by atoms with Crippen molar-refractivity contribution >= 4 is 56.1 Å². The normalized spacial score (nSPS) is 11.2. The van der Waals surface area contributed by atoms with Crippen LogP contribution in [0.5, 0.6) is 0 Å². The summed E-state index contributed by atoms with van der Waals surface area (Å²) in [6.45, 7) is 3.77. The smallest absolute Gasteiger partial charge is 0.270 e. The maximum atomic E-state index is 11.8. The fourth-order valence-corrected chi connectivity index (χ4v) is 3.76. The third kappa shape index (κ3) is 6.28. The van der Waals surface area contributed by atoms with Gasteiger partial charge in [0.2, 0.25) is 5.91 Å². The number of benzene rings is 2. The fraction of sp³-hybridized carbons (Fsp3) is 0.333. The summed E-state index contributed by atoms with van der Waals surface area (Å²) >= 11 is 1.09. The van der Waals surface area contributed by atoms with Crippen LogP contribution in [0.4, 0.5) is 27.8 Å². The van der Waals surface area contributed by atoms with Crippen LogP contribution in [0.2, 0.25) is 0 Å². The minimum Gasteiger partial charge on any atom is -0.383 e. The van der Waals surface area contributed by atoms with Gasteiger partial charge in [-0.2, -0.15) is 4.37 Å². The van der Waals surface area contributed by atoms with Gasteiger partial charge in [-0.1, -0.05) is 0 Å². The Bertz CT molecular complexity index is 1160. The maximum Gasteiger partial charge on any atom is 0.270 e. The Morgan fingerprint density at radius 2 is 1.88 bits per heavy atom. The molecule has 1 amide bonds. The lowest BCUT2D eigenvalue weighted by Crippen LogP contribution is -2.30. The topological polar surface area (TPSA) is 132 Å². The Kier molecular flexibility index (Phi) is 8.35. The lowest BCUT2D eigenvalue weighted by atomic mass is 10.2. The fourth-order valence-electron chi connectivity index (χ4n) is 3.07. The lowest BCUT2D eigenvalue weighted by Gasteiger charge is -2.25. The van der Waals surface area contributed by atoms with E-state index in [9.17, 15) is 14.9 Å². The van der Waals surface area contributed by atoms with Crippen molar-refractivity contribution in [1.29, 1.82) is 0 Å². The number of nitro groups is 1. The number of azo groups is 1. The summed E-state index contributed by atoms with van der Waals surface area (Å²) in [7, 11) is 3.27. The average Bonchev–Trinajstić information content (AvgIpc) is 3.20. The van der Waals surface area contributed by atoms with Gasteiger partial charge >= 0.3 is 0 Å². The third-order valence-electron chi connectivity index (χ3n) is 4.69. The predicted molar refractivity (Wildman–Crippen MR) is 127 cm³/mol. The molecule has 12 heteroatoms. The molecule has 0 atom stereocenters. The molecule has 0 unspecified atom stereocenters. The number of nitrogens with one attached hydrogen (secondary N) is 1. The number of ether oxygens (including phenoxy) is 2. The molecule has 0 bridgehead atoms. The van der Waals surface area contributed by atoms with Gasteiger partial charge in [-0.15, -0.1) is 10.2 Å². The molecule has 174 valence electrons. The molecule has 11 nitrogen and oxygen atoms in total. The number of anilines is 2. The van der Waals surface area contributed by atoms with Gasteiger partial charge in [-0.3, -0.25) is 14.9 Å². The van der Waals surface area contributed by atoms with E-state index in [1.807, 2.05) is 12.1 Å². The Morgan fingerprint density at radius 1 is 1.15 bits per heavy atom. The zero-order valence-corrected chi connectivity index (χ0v) is 19.3. The Hall–Kier alpha value is -3.48. The van der Waals surface area contributed by atoms with E-state index in [1.54, 1.807) is 26.4 Å². The summed E-state index contributed by atoms with van der Waals surface area (Å²) in [5.41, 5.74) is 2.35. The Labute approximate surface area is 194 Å². The largest absolute Gasteiger partial charge is 0.383 e. The second-order valence-corrected chi connectivity index (χ2v) is 7.75. The number of hydrogen-bond donors (Lipinski definition) is 1. The van der Waals surface area contributed by atoms with Crippen molar-refractivity contribution in [2.45, 2.75) is 6.92 Å². The van der Waals surface area contributed by atoms with Crippen LogP contribution in [-0.4, -0.2) is 55.7 Å². The molecule has 3 rings (SSSR count). The number of carbonyl (C=O) groups excluding carboxylic acids is 1. The molecule has 0 aliphatic carbocycles. The van der Waals surface area contributed by atoms with Gasteiger partial charge in [0.1, 0.15) is 5.69 Å². The van der Waals surface area contributed by atoms with Gasteiger partial charge in [0, 0.05) is 57.4 Å². The summed E-state index contributed by atoms with van der Waals surface area (Å²) in [4.78, 5) is 24.5. The number of hydrogen-bond acceptors (Lipinski definition) is 10. The van der Waals surface area contributed by atoms with Crippen LogP contribution >= 0.6 is 11.5 Å². The highest BCUT2D eigenvalue weighted by Crippen LogP contribution is 2.36. The molecule has 2 aromatic carbocycles. The van der Waals surface area contributed by atoms with E-state index in [2.05, 4.69) is 24.8 Å². The molecule has 0 fully saturated rings. The second kappa shape index (κ2) is 11.4. The average molecular weight is 473 g/mol. The van der Waals surface area contributed by atoms with E-state index in [0.29, 0.717) is 53.6 Å². The zero-order chi connectivity index (χ0) is 23.8. The van der Waals surface area contributed by atoms with E-state index in [1.165, 1.54) is 19.1 Å². The number of rotatable bonds is 11. The van der Waals surface area contributed by atoms with Gasteiger partial charge in [0.05, 0.1) is 29.3 Å². The number of non-ortho nitro benzene ring substituents is 1. The molecule has 1 heterocycles. The molecule has 0 aliphatic heterocycles. The molecule has 1 aromatic heterocycles. The molecule has 1 N–H and O–H groups in total. The second-order valence-electron chi connectivity index (χ2n) is 7.00. The first-order valence-electron chi connectivity index (χ1n) is 10.0. The maximum absolute atomic E-state index is 11.8. The summed E-state index contributed by atoms with van der Waals surface area (Å²) in [6.07, 6.45) is 0.